The molecule has 0 unspecified atom stereocenters. The Labute approximate surface area is 90.2 Å². The summed E-state index contributed by atoms with van der Waals surface area (Å²) in [6.07, 6.45) is 0. The van der Waals surface area contributed by atoms with Crippen LogP contribution >= 0.6 is 11.8 Å². The molecule has 0 aromatic carbocycles. The third kappa shape index (κ3) is 4.79. The Morgan fingerprint density at radius 3 is 2.93 bits per heavy atom. The molecule has 3 nitrogen and oxygen atoms in total. The van der Waals surface area contributed by atoms with Crippen LogP contribution in [0.2, 0.25) is 0 Å². The zero-order valence-electron chi connectivity index (χ0n) is 8.74. The molecule has 1 fully saturated rings. The summed E-state index contributed by atoms with van der Waals surface area (Å²) in [6.45, 7) is 10.5. The van der Waals surface area contributed by atoms with Crippen molar-refractivity contribution in [3.05, 3.63) is 11.1 Å². The van der Waals surface area contributed by atoms with Crippen molar-refractivity contribution in [3.8, 4) is 0 Å². The van der Waals surface area contributed by atoms with Gasteiger partial charge in [0.05, 0.1) is 13.2 Å². The van der Waals surface area contributed by atoms with E-state index < -0.39 is 0 Å². The van der Waals surface area contributed by atoms with Crippen LogP contribution in [0.4, 0.5) is 0 Å². The molecule has 0 spiro atoms. The number of nitrogens with zero attached hydrogens (tertiary/aromatic N) is 2. The molecule has 0 aliphatic carbocycles. The molecule has 0 radical (unpaired) electrons. The number of morpholine rings is 1. The van der Waals surface area contributed by atoms with Crippen LogP contribution in [0.5, 0.6) is 0 Å². The second kappa shape index (κ2) is 7.04. The van der Waals surface area contributed by atoms with Gasteiger partial charge in [-0.3, -0.25) is 9.89 Å². The van der Waals surface area contributed by atoms with Crippen LogP contribution in [0, 0.1) is 0 Å². The first-order chi connectivity index (χ1) is 6.83. The van der Waals surface area contributed by atoms with Crippen LogP contribution in [-0.4, -0.2) is 50.2 Å². The van der Waals surface area contributed by atoms with Gasteiger partial charge in [0.1, 0.15) is 0 Å². The monoisotopic (exact) mass is 214 g/mol. The van der Waals surface area contributed by atoms with Gasteiger partial charge in [-0.25, -0.2) is 0 Å². The second-order valence-corrected chi connectivity index (χ2v) is 4.22. The van der Waals surface area contributed by atoms with Crippen LogP contribution in [0.15, 0.2) is 16.1 Å². The lowest BCUT2D eigenvalue weighted by atomic mass is 10.4. The van der Waals surface area contributed by atoms with Crippen LogP contribution in [0.3, 0.4) is 0 Å². The third-order valence-electron chi connectivity index (χ3n) is 2.13. The normalized spacial score (nSPS) is 19.6. The number of ether oxygens (including phenoxy) is 1. The molecule has 1 aliphatic heterocycles. The number of allylic oxidation sites excluding steroid dienone is 1. The summed E-state index contributed by atoms with van der Waals surface area (Å²) in [6, 6.07) is 0. The van der Waals surface area contributed by atoms with Crippen molar-refractivity contribution in [2.24, 2.45) is 4.99 Å². The zero-order chi connectivity index (χ0) is 10.2. The van der Waals surface area contributed by atoms with E-state index in [4.69, 9.17) is 4.74 Å². The van der Waals surface area contributed by atoms with Crippen molar-refractivity contribution < 1.29 is 4.74 Å². The minimum absolute atomic E-state index is 0.883. The summed E-state index contributed by atoms with van der Waals surface area (Å²) < 4.78 is 5.28. The van der Waals surface area contributed by atoms with Gasteiger partial charge in [0.25, 0.3) is 0 Å². The molecule has 14 heavy (non-hydrogen) atoms. The lowest BCUT2D eigenvalue weighted by molar-refractivity contribution is 0.0410. The lowest BCUT2D eigenvalue weighted by Crippen LogP contribution is -2.37. The third-order valence-corrected chi connectivity index (χ3v) is 3.06. The van der Waals surface area contributed by atoms with E-state index in [0.717, 1.165) is 44.3 Å². The van der Waals surface area contributed by atoms with Crippen molar-refractivity contribution in [2.75, 3.05) is 38.6 Å². The molecule has 80 valence electrons. The van der Waals surface area contributed by atoms with E-state index >= 15 is 0 Å². The Kier molecular flexibility index (Phi) is 5.91. The first-order valence-electron chi connectivity index (χ1n) is 4.88. The lowest BCUT2D eigenvalue weighted by Gasteiger charge is -2.25. The van der Waals surface area contributed by atoms with Crippen LogP contribution in [0.1, 0.15) is 6.92 Å². The highest BCUT2D eigenvalue weighted by atomic mass is 32.2. The number of rotatable bonds is 5. The number of hydrogen-bond donors (Lipinski definition) is 0. The minimum Gasteiger partial charge on any atom is -0.379 e. The summed E-state index contributed by atoms with van der Waals surface area (Å²) in [7, 11) is 0. The van der Waals surface area contributed by atoms with E-state index in [2.05, 4.69) is 22.0 Å². The Bertz CT molecular complexity index is 200. The van der Waals surface area contributed by atoms with E-state index in [1.54, 1.807) is 11.8 Å². The molecule has 1 rings (SSSR count). The summed E-state index contributed by atoms with van der Waals surface area (Å²) in [4.78, 5) is 6.26. The maximum atomic E-state index is 5.28. The van der Waals surface area contributed by atoms with E-state index in [1.807, 2.05) is 6.92 Å². The average molecular weight is 214 g/mol. The minimum atomic E-state index is 0.883. The summed E-state index contributed by atoms with van der Waals surface area (Å²) >= 11 is 1.80. The highest BCUT2D eigenvalue weighted by Crippen LogP contribution is 2.08. The Morgan fingerprint density at radius 2 is 2.29 bits per heavy atom. The van der Waals surface area contributed by atoms with E-state index in [1.165, 1.54) is 0 Å². The highest BCUT2D eigenvalue weighted by Gasteiger charge is 2.08. The topological polar surface area (TPSA) is 24.8 Å². The molecule has 1 saturated heterocycles. The van der Waals surface area contributed by atoms with Crippen LogP contribution < -0.4 is 0 Å². The number of hydrogen-bond acceptors (Lipinski definition) is 4. The highest BCUT2D eigenvalue weighted by molar-refractivity contribution is 8.02. The Morgan fingerprint density at radius 1 is 1.57 bits per heavy atom. The van der Waals surface area contributed by atoms with Gasteiger partial charge < -0.3 is 4.74 Å². The van der Waals surface area contributed by atoms with Crippen LogP contribution in [0.25, 0.3) is 0 Å². The van der Waals surface area contributed by atoms with Gasteiger partial charge in [-0.2, -0.15) is 0 Å². The van der Waals surface area contributed by atoms with Gasteiger partial charge in [-0.15, -0.1) is 11.8 Å². The second-order valence-electron chi connectivity index (χ2n) is 3.24. The summed E-state index contributed by atoms with van der Waals surface area (Å²) in [5.41, 5.74) is 0.997. The van der Waals surface area contributed by atoms with Gasteiger partial charge >= 0.3 is 0 Å². The predicted octanol–water partition coefficient (Wildman–Crippen LogP) is 1.61. The summed E-state index contributed by atoms with van der Waals surface area (Å²) in [5.74, 6) is 1.12. The van der Waals surface area contributed by atoms with Gasteiger partial charge in [-0.1, -0.05) is 0 Å². The summed E-state index contributed by atoms with van der Waals surface area (Å²) in [5, 5.41) is 2.06. The van der Waals surface area contributed by atoms with E-state index in [-0.39, 0.29) is 0 Å². The van der Waals surface area contributed by atoms with Crippen molar-refractivity contribution in [3.63, 3.8) is 0 Å². The van der Waals surface area contributed by atoms with Gasteiger partial charge in [0, 0.05) is 31.1 Å². The van der Waals surface area contributed by atoms with Crippen molar-refractivity contribution in [1.82, 2.24) is 4.90 Å². The molecule has 0 amide bonds. The van der Waals surface area contributed by atoms with Crippen molar-refractivity contribution >= 4 is 18.5 Å². The maximum Gasteiger partial charge on any atom is 0.0594 e. The number of thioether (sulfide) groups is 1. The fourth-order valence-corrected chi connectivity index (χ4v) is 2.02. The zero-order valence-corrected chi connectivity index (χ0v) is 9.55. The average Bonchev–Trinajstić information content (AvgIpc) is 2.25. The number of aliphatic imine (C=N–C) groups is 1. The molecular weight excluding hydrogens is 196 g/mol. The Hall–Kier alpha value is -0.320. The molecule has 0 N–H and O–H groups in total. The fraction of sp³-hybridized carbons (Fsp3) is 0.700. The molecule has 0 aromatic rings. The molecule has 0 saturated carbocycles. The van der Waals surface area contributed by atoms with Crippen molar-refractivity contribution in [1.29, 1.82) is 0 Å². The molecule has 1 aliphatic rings. The quantitative estimate of drug-likeness (QED) is 0.513. The standard InChI is InChI=1S/C10H18N2OS/c1-10(11-2)9-14-8-5-12-3-6-13-7-4-12/h9H,2-8H2,1H3/b10-9-. The molecule has 1 heterocycles. The largest absolute Gasteiger partial charge is 0.379 e. The molecule has 0 bridgehead atoms. The molecule has 4 heteroatoms. The first kappa shape index (κ1) is 11.8. The fourth-order valence-electron chi connectivity index (χ4n) is 1.22. The van der Waals surface area contributed by atoms with E-state index in [0.29, 0.717) is 0 Å². The van der Waals surface area contributed by atoms with Gasteiger partial charge in [0.2, 0.25) is 0 Å². The van der Waals surface area contributed by atoms with E-state index in [9.17, 15) is 0 Å². The SMILES string of the molecule is C=N/C(C)=C\SCCN1CCOCC1. The molecule has 0 atom stereocenters. The van der Waals surface area contributed by atoms with Crippen LogP contribution in [-0.2, 0) is 4.74 Å². The van der Waals surface area contributed by atoms with Gasteiger partial charge in [-0.05, 0) is 19.0 Å². The van der Waals surface area contributed by atoms with Crippen molar-refractivity contribution in [2.45, 2.75) is 6.92 Å². The molecular formula is C10H18N2OS. The predicted molar refractivity (Wildman–Crippen MR) is 63.0 cm³/mol. The maximum absolute atomic E-state index is 5.28. The first-order valence-corrected chi connectivity index (χ1v) is 5.93. The molecule has 0 aromatic heterocycles. The smallest absolute Gasteiger partial charge is 0.0594 e. The van der Waals surface area contributed by atoms with Gasteiger partial charge in [0.15, 0.2) is 0 Å². The Balaban J connectivity index is 2.05.